The summed E-state index contributed by atoms with van der Waals surface area (Å²) in [5, 5.41) is 2.76. The first-order valence-corrected chi connectivity index (χ1v) is 6.33. The Morgan fingerprint density at radius 2 is 2.05 bits per heavy atom. The fourth-order valence-corrected chi connectivity index (χ4v) is 2.09. The summed E-state index contributed by atoms with van der Waals surface area (Å²) >= 11 is 3.30. The Morgan fingerprint density at radius 3 is 2.89 bits per heavy atom. The van der Waals surface area contributed by atoms with Gasteiger partial charge in [-0.05, 0) is 40.2 Å². The van der Waals surface area contributed by atoms with Gasteiger partial charge in [0.15, 0.2) is 11.5 Å². The fraction of sp³-hybridized carbons (Fsp3) is 0.0769. The Hall–Kier alpha value is -2.08. The van der Waals surface area contributed by atoms with Crippen LogP contribution in [0, 0.1) is 0 Å². The van der Waals surface area contributed by atoms with Crippen molar-refractivity contribution in [2.45, 2.75) is 0 Å². The Morgan fingerprint density at radius 1 is 1.21 bits per heavy atom. The summed E-state index contributed by atoms with van der Waals surface area (Å²) in [6.45, 7) is 0.190. The number of pyridine rings is 1. The number of fused-ring (bicyclic) bond motifs is 1. The van der Waals surface area contributed by atoms with E-state index in [2.05, 4.69) is 26.2 Å². The van der Waals surface area contributed by atoms with E-state index < -0.39 is 0 Å². The van der Waals surface area contributed by atoms with Gasteiger partial charge in [0.25, 0.3) is 5.91 Å². The van der Waals surface area contributed by atoms with E-state index >= 15 is 0 Å². The number of halogens is 1. The molecule has 0 spiro atoms. The molecule has 1 amide bonds. The maximum Gasteiger partial charge on any atom is 0.255 e. The molecule has 5 nitrogen and oxygen atoms in total. The number of carbonyl (C=O) groups is 1. The van der Waals surface area contributed by atoms with Crippen LogP contribution >= 0.6 is 15.9 Å². The Bertz CT molecular complexity index is 646. The van der Waals surface area contributed by atoms with E-state index in [9.17, 15) is 4.79 Å². The molecule has 0 fully saturated rings. The molecule has 0 saturated heterocycles. The SMILES string of the molecule is O=C(Nc1cncc(Br)c1)c1ccc2c(c1)OCO2. The zero-order chi connectivity index (χ0) is 13.2. The lowest BCUT2D eigenvalue weighted by atomic mass is 10.2. The molecule has 1 aromatic carbocycles. The summed E-state index contributed by atoms with van der Waals surface area (Å²) in [6.07, 6.45) is 3.23. The lowest BCUT2D eigenvalue weighted by Gasteiger charge is -2.05. The van der Waals surface area contributed by atoms with E-state index in [1.807, 2.05) is 0 Å². The summed E-state index contributed by atoms with van der Waals surface area (Å²) in [6, 6.07) is 6.84. The van der Waals surface area contributed by atoms with E-state index in [4.69, 9.17) is 9.47 Å². The van der Waals surface area contributed by atoms with Crippen molar-refractivity contribution in [2.75, 3.05) is 12.1 Å². The van der Waals surface area contributed by atoms with E-state index in [1.165, 1.54) is 0 Å². The molecule has 6 heteroatoms. The number of rotatable bonds is 2. The molecule has 1 aliphatic rings. The fourth-order valence-electron chi connectivity index (χ4n) is 1.72. The molecule has 0 saturated carbocycles. The molecule has 1 N–H and O–H groups in total. The van der Waals surface area contributed by atoms with Gasteiger partial charge in [-0.25, -0.2) is 0 Å². The molecular weight excluding hydrogens is 312 g/mol. The minimum atomic E-state index is -0.224. The number of benzene rings is 1. The second-order valence-corrected chi connectivity index (χ2v) is 4.83. The largest absolute Gasteiger partial charge is 0.454 e. The van der Waals surface area contributed by atoms with E-state index in [-0.39, 0.29) is 12.7 Å². The normalized spacial score (nSPS) is 12.3. The summed E-state index contributed by atoms with van der Waals surface area (Å²) in [4.78, 5) is 16.1. The third-order valence-electron chi connectivity index (χ3n) is 2.60. The minimum Gasteiger partial charge on any atom is -0.454 e. The minimum absolute atomic E-state index is 0.190. The first-order chi connectivity index (χ1) is 9.22. The van der Waals surface area contributed by atoms with Gasteiger partial charge in [-0.15, -0.1) is 0 Å². The number of ether oxygens (including phenoxy) is 2. The van der Waals surface area contributed by atoms with E-state index in [1.54, 1.807) is 36.7 Å². The molecule has 0 aliphatic carbocycles. The lowest BCUT2D eigenvalue weighted by molar-refractivity contribution is 0.102. The third-order valence-corrected chi connectivity index (χ3v) is 3.03. The van der Waals surface area contributed by atoms with Crippen molar-refractivity contribution in [3.05, 3.63) is 46.7 Å². The van der Waals surface area contributed by atoms with Crippen LogP contribution in [0.2, 0.25) is 0 Å². The van der Waals surface area contributed by atoms with Gasteiger partial charge in [-0.1, -0.05) is 0 Å². The molecule has 0 unspecified atom stereocenters. The van der Waals surface area contributed by atoms with Crippen molar-refractivity contribution in [3.63, 3.8) is 0 Å². The van der Waals surface area contributed by atoms with Gasteiger partial charge in [-0.2, -0.15) is 0 Å². The highest BCUT2D eigenvalue weighted by Crippen LogP contribution is 2.32. The number of anilines is 1. The highest BCUT2D eigenvalue weighted by atomic mass is 79.9. The van der Waals surface area contributed by atoms with Crippen molar-refractivity contribution in [1.29, 1.82) is 0 Å². The van der Waals surface area contributed by atoms with E-state index in [0.29, 0.717) is 22.7 Å². The quantitative estimate of drug-likeness (QED) is 0.924. The molecule has 19 heavy (non-hydrogen) atoms. The van der Waals surface area contributed by atoms with Crippen molar-refractivity contribution in [2.24, 2.45) is 0 Å². The Balaban J connectivity index is 1.81. The van der Waals surface area contributed by atoms with Crippen LogP contribution in [0.5, 0.6) is 11.5 Å². The Labute approximate surface area is 117 Å². The number of aromatic nitrogens is 1. The van der Waals surface area contributed by atoms with Crippen molar-refractivity contribution in [1.82, 2.24) is 4.98 Å². The third kappa shape index (κ3) is 2.53. The van der Waals surface area contributed by atoms with Crippen LogP contribution in [0.15, 0.2) is 41.1 Å². The first-order valence-electron chi connectivity index (χ1n) is 5.54. The van der Waals surface area contributed by atoms with E-state index in [0.717, 1.165) is 4.47 Å². The maximum atomic E-state index is 12.1. The topological polar surface area (TPSA) is 60.5 Å². The average Bonchev–Trinajstić information content (AvgIpc) is 2.85. The molecule has 0 radical (unpaired) electrons. The number of amides is 1. The molecule has 96 valence electrons. The van der Waals surface area contributed by atoms with Gasteiger partial charge in [-0.3, -0.25) is 9.78 Å². The van der Waals surface area contributed by atoms with Crippen molar-refractivity contribution < 1.29 is 14.3 Å². The maximum absolute atomic E-state index is 12.1. The molecule has 1 aliphatic heterocycles. The van der Waals surface area contributed by atoms with Gasteiger partial charge < -0.3 is 14.8 Å². The van der Waals surface area contributed by atoms with Gasteiger partial charge in [0.05, 0.1) is 11.9 Å². The molecular formula is C13H9BrN2O3. The number of nitrogens with zero attached hydrogens (tertiary/aromatic N) is 1. The molecule has 3 rings (SSSR count). The van der Waals surface area contributed by atoms with Crippen LogP contribution in [-0.4, -0.2) is 17.7 Å². The standard InChI is InChI=1S/C13H9BrN2O3/c14-9-4-10(6-15-5-9)16-13(17)8-1-2-11-12(3-8)19-7-18-11/h1-6H,7H2,(H,16,17). The van der Waals surface area contributed by atoms with Gasteiger partial charge in [0.1, 0.15) is 0 Å². The smallest absolute Gasteiger partial charge is 0.255 e. The predicted molar refractivity (Wildman–Crippen MR) is 72.5 cm³/mol. The summed E-state index contributed by atoms with van der Waals surface area (Å²) in [5.41, 5.74) is 1.13. The van der Waals surface area contributed by atoms with Crippen LogP contribution in [0.1, 0.15) is 10.4 Å². The number of hydrogen-bond acceptors (Lipinski definition) is 4. The van der Waals surface area contributed by atoms with Crippen LogP contribution in [0.25, 0.3) is 0 Å². The molecule has 0 bridgehead atoms. The van der Waals surface area contributed by atoms with Crippen molar-refractivity contribution >= 4 is 27.5 Å². The second-order valence-electron chi connectivity index (χ2n) is 3.91. The summed E-state index contributed by atoms with van der Waals surface area (Å²) in [5.74, 6) is 1.01. The lowest BCUT2D eigenvalue weighted by Crippen LogP contribution is -2.11. The van der Waals surface area contributed by atoms with Crippen molar-refractivity contribution in [3.8, 4) is 11.5 Å². The number of carbonyl (C=O) groups excluding carboxylic acids is 1. The zero-order valence-electron chi connectivity index (χ0n) is 9.72. The molecule has 2 heterocycles. The highest BCUT2D eigenvalue weighted by molar-refractivity contribution is 9.10. The van der Waals surface area contributed by atoms with Gasteiger partial charge >= 0.3 is 0 Å². The second kappa shape index (κ2) is 4.89. The predicted octanol–water partition coefficient (Wildman–Crippen LogP) is 2.83. The Kier molecular flexibility index (Phi) is 3.08. The van der Waals surface area contributed by atoms with Gasteiger partial charge in [0, 0.05) is 16.2 Å². The van der Waals surface area contributed by atoms with Crippen LogP contribution in [0.3, 0.4) is 0 Å². The first kappa shape index (κ1) is 12.0. The van der Waals surface area contributed by atoms with Crippen LogP contribution < -0.4 is 14.8 Å². The average molecular weight is 321 g/mol. The van der Waals surface area contributed by atoms with Crippen LogP contribution in [0.4, 0.5) is 5.69 Å². The highest BCUT2D eigenvalue weighted by Gasteiger charge is 2.16. The molecule has 2 aromatic rings. The summed E-state index contributed by atoms with van der Waals surface area (Å²) in [7, 11) is 0. The number of hydrogen-bond donors (Lipinski definition) is 1. The number of nitrogens with one attached hydrogen (secondary N) is 1. The van der Waals surface area contributed by atoms with Crippen LogP contribution in [-0.2, 0) is 0 Å². The molecule has 0 atom stereocenters. The molecule has 1 aromatic heterocycles. The zero-order valence-corrected chi connectivity index (χ0v) is 11.3. The monoisotopic (exact) mass is 320 g/mol. The summed E-state index contributed by atoms with van der Waals surface area (Å²) < 4.78 is 11.2. The van der Waals surface area contributed by atoms with Gasteiger partial charge in [0.2, 0.25) is 6.79 Å².